The van der Waals surface area contributed by atoms with E-state index < -0.39 is 10.0 Å². The zero-order valence-electron chi connectivity index (χ0n) is 15.4. The molecular weight excluding hydrogens is 364 g/mol. The first-order valence-electron chi connectivity index (χ1n) is 10.0. The number of amides is 2. The molecule has 1 spiro atoms. The monoisotopic (exact) mass is 390 g/mol. The molecule has 146 valence electrons. The van der Waals surface area contributed by atoms with E-state index in [0.717, 1.165) is 19.4 Å². The fraction of sp³-hybridized carbons (Fsp3) is 0.684. The second-order valence-electron chi connectivity index (χ2n) is 8.54. The van der Waals surface area contributed by atoms with E-state index in [9.17, 15) is 13.2 Å². The topological polar surface area (TPSA) is 82.6 Å². The number of pyridine rings is 1. The molecule has 4 fully saturated rings. The van der Waals surface area contributed by atoms with Crippen LogP contribution in [0.1, 0.15) is 44.9 Å². The van der Waals surface area contributed by atoms with E-state index in [1.807, 2.05) is 4.90 Å². The van der Waals surface area contributed by atoms with Crippen LogP contribution in [0.3, 0.4) is 0 Å². The van der Waals surface area contributed by atoms with E-state index in [-0.39, 0.29) is 10.9 Å². The third-order valence-corrected chi connectivity index (χ3v) is 8.69. The lowest BCUT2D eigenvalue weighted by molar-refractivity contribution is -0.104. The Morgan fingerprint density at radius 2 is 1.93 bits per heavy atom. The minimum absolute atomic E-state index is 0.146. The molecule has 2 amide bonds. The van der Waals surface area contributed by atoms with Gasteiger partial charge >= 0.3 is 6.03 Å². The molecule has 3 heterocycles. The lowest BCUT2D eigenvalue weighted by Gasteiger charge is -2.62. The Hall–Kier alpha value is -1.67. The van der Waals surface area contributed by atoms with Gasteiger partial charge in [0.25, 0.3) is 0 Å². The number of sulfonamides is 1. The van der Waals surface area contributed by atoms with Gasteiger partial charge in [0, 0.05) is 43.4 Å². The van der Waals surface area contributed by atoms with E-state index in [1.54, 1.807) is 0 Å². The number of hydrogen-bond acceptors (Lipinski definition) is 4. The van der Waals surface area contributed by atoms with Crippen molar-refractivity contribution in [2.45, 2.75) is 55.9 Å². The van der Waals surface area contributed by atoms with Crippen LogP contribution in [0.4, 0.5) is 10.6 Å². The molecule has 8 heteroatoms. The van der Waals surface area contributed by atoms with Crippen LogP contribution >= 0.6 is 0 Å². The van der Waals surface area contributed by atoms with Gasteiger partial charge in [-0.1, -0.05) is 6.42 Å². The van der Waals surface area contributed by atoms with Gasteiger partial charge in [0.2, 0.25) is 10.0 Å². The highest BCUT2D eigenvalue weighted by molar-refractivity contribution is 7.89. The number of likely N-dealkylation sites (tertiary alicyclic amines) is 1. The Balaban J connectivity index is 1.30. The highest BCUT2D eigenvalue weighted by Gasteiger charge is 2.61. The third kappa shape index (κ3) is 2.84. The van der Waals surface area contributed by atoms with Crippen molar-refractivity contribution in [1.82, 2.24) is 14.2 Å². The number of nitrogens with one attached hydrogen (secondary N) is 1. The summed E-state index contributed by atoms with van der Waals surface area (Å²) in [6.07, 6.45) is 9.44. The zero-order chi connectivity index (χ0) is 18.6. The Labute approximate surface area is 160 Å². The predicted octanol–water partition coefficient (Wildman–Crippen LogP) is 2.66. The number of nitrogens with zero attached hydrogens (tertiary/aromatic N) is 3. The van der Waals surface area contributed by atoms with Crippen molar-refractivity contribution >= 4 is 21.9 Å². The van der Waals surface area contributed by atoms with Gasteiger partial charge in [-0.05, 0) is 50.5 Å². The van der Waals surface area contributed by atoms with E-state index in [4.69, 9.17) is 0 Å². The summed E-state index contributed by atoms with van der Waals surface area (Å²) >= 11 is 0. The number of carbonyl (C=O) groups excluding carboxylic acids is 1. The first kappa shape index (κ1) is 17.4. The van der Waals surface area contributed by atoms with Crippen LogP contribution in [0.25, 0.3) is 0 Å². The SMILES string of the molecule is O=C(Nc1cc(S(=O)(=O)N2CCCC2)ccn1)N1CC2(CCC2)C1C1CC1. The lowest BCUT2D eigenvalue weighted by Crippen LogP contribution is -2.70. The minimum Gasteiger partial charge on any atom is -0.320 e. The molecule has 27 heavy (non-hydrogen) atoms. The number of hydrogen-bond donors (Lipinski definition) is 1. The highest BCUT2D eigenvalue weighted by atomic mass is 32.2. The fourth-order valence-electron chi connectivity index (χ4n) is 5.10. The smallest absolute Gasteiger partial charge is 0.320 e. The summed E-state index contributed by atoms with van der Waals surface area (Å²) in [5.74, 6) is 0.962. The Morgan fingerprint density at radius 1 is 1.19 bits per heavy atom. The number of carbonyl (C=O) groups is 1. The van der Waals surface area contributed by atoms with Gasteiger partial charge in [0.05, 0.1) is 4.90 Å². The largest absolute Gasteiger partial charge is 0.323 e. The van der Waals surface area contributed by atoms with E-state index >= 15 is 0 Å². The van der Waals surface area contributed by atoms with E-state index in [1.165, 1.54) is 54.7 Å². The van der Waals surface area contributed by atoms with Crippen LogP contribution in [0.15, 0.2) is 23.2 Å². The number of anilines is 1. The van der Waals surface area contributed by atoms with Gasteiger partial charge in [0.1, 0.15) is 5.82 Å². The molecule has 1 atom stereocenters. The Kier molecular flexibility index (Phi) is 3.98. The number of aromatic nitrogens is 1. The third-order valence-electron chi connectivity index (χ3n) is 6.80. The minimum atomic E-state index is -3.51. The molecule has 1 aromatic heterocycles. The van der Waals surface area contributed by atoms with Gasteiger partial charge < -0.3 is 4.90 Å². The van der Waals surface area contributed by atoms with Crippen LogP contribution in [0, 0.1) is 11.3 Å². The van der Waals surface area contributed by atoms with Crippen molar-refractivity contribution in [2.75, 3.05) is 25.0 Å². The van der Waals surface area contributed by atoms with Gasteiger partial charge in [-0.25, -0.2) is 18.2 Å². The molecule has 2 aliphatic carbocycles. The molecule has 2 saturated carbocycles. The maximum Gasteiger partial charge on any atom is 0.323 e. The molecule has 5 rings (SSSR count). The van der Waals surface area contributed by atoms with E-state index in [2.05, 4.69) is 10.3 Å². The molecule has 1 unspecified atom stereocenters. The van der Waals surface area contributed by atoms with Crippen LogP contribution < -0.4 is 5.32 Å². The van der Waals surface area contributed by atoms with Gasteiger partial charge in [-0.15, -0.1) is 0 Å². The van der Waals surface area contributed by atoms with Gasteiger partial charge in [0.15, 0.2) is 0 Å². The molecule has 2 aliphatic heterocycles. The van der Waals surface area contributed by atoms with Crippen LogP contribution in [-0.2, 0) is 10.0 Å². The molecule has 2 saturated heterocycles. The van der Waals surface area contributed by atoms with Crippen LogP contribution in [-0.4, -0.2) is 54.3 Å². The molecule has 0 radical (unpaired) electrons. The predicted molar refractivity (Wildman–Crippen MR) is 101 cm³/mol. The summed E-state index contributed by atoms with van der Waals surface area (Å²) in [7, 11) is -3.51. The highest BCUT2D eigenvalue weighted by Crippen LogP contribution is 2.59. The van der Waals surface area contributed by atoms with Crippen molar-refractivity contribution in [1.29, 1.82) is 0 Å². The normalized spacial score (nSPS) is 27.3. The maximum absolute atomic E-state index is 12.8. The quantitative estimate of drug-likeness (QED) is 0.857. The second-order valence-corrected chi connectivity index (χ2v) is 10.5. The van der Waals surface area contributed by atoms with Gasteiger partial charge in [-0.3, -0.25) is 5.32 Å². The first-order chi connectivity index (χ1) is 13.0. The zero-order valence-corrected chi connectivity index (χ0v) is 16.2. The van der Waals surface area contributed by atoms with Crippen molar-refractivity contribution in [3.63, 3.8) is 0 Å². The van der Waals surface area contributed by atoms with Crippen molar-refractivity contribution in [3.8, 4) is 0 Å². The van der Waals surface area contributed by atoms with Crippen molar-refractivity contribution < 1.29 is 13.2 Å². The summed E-state index contributed by atoms with van der Waals surface area (Å²) in [5.41, 5.74) is 0.368. The second kappa shape index (κ2) is 6.17. The molecule has 0 bridgehead atoms. The number of rotatable bonds is 4. The summed E-state index contributed by atoms with van der Waals surface area (Å²) < 4.78 is 27.0. The molecule has 0 aromatic carbocycles. The average Bonchev–Trinajstić information content (AvgIpc) is 3.22. The maximum atomic E-state index is 12.8. The Bertz CT molecular complexity index is 857. The first-order valence-corrected chi connectivity index (χ1v) is 11.5. The molecule has 4 aliphatic rings. The lowest BCUT2D eigenvalue weighted by atomic mass is 9.57. The standard InChI is InChI=1S/C19H26N4O3S/c24-18(23-13-19(7-3-8-19)17(23)14-4-5-14)21-16-12-15(6-9-20-16)27(25,26)22-10-1-2-11-22/h6,9,12,14,17H,1-5,7-8,10-11,13H2,(H,20,21,24). The van der Waals surface area contributed by atoms with Crippen LogP contribution in [0.5, 0.6) is 0 Å². The molecular formula is C19H26N4O3S. The van der Waals surface area contributed by atoms with Crippen LogP contribution in [0.2, 0.25) is 0 Å². The summed E-state index contributed by atoms with van der Waals surface area (Å²) in [4.78, 5) is 19.1. The average molecular weight is 391 g/mol. The summed E-state index contributed by atoms with van der Waals surface area (Å²) in [6, 6.07) is 3.20. The Morgan fingerprint density at radius 3 is 2.56 bits per heavy atom. The number of urea groups is 1. The van der Waals surface area contributed by atoms with Crippen molar-refractivity contribution in [3.05, 3.63) is 18.3 Å². The molecule has 1 N–H and O–H groups in total. The molecule has 7 nitrogen and oxygen atoms in total. The van der Waals surface area contributed by atoms with Gasteiger partial charge in [-0.2, -0.15) is 4.31 Å². The summed E-state index contributed by atoms with van der Waals surface area (Å²) in [5, 5.41) is 2.84. The molecule has 1 aromatic rings. The summed E-state index contributed by atoms with van der Waals surface area (Å²) in [6.45, 7) is 1.95. The van der Waals surface area contributed by atoms with E-state index in [0.29, 0.717) is 36.3 Å². The fourth-order valence-corrected chi connectivity index (χ4v) is 6.63. The van der Waals surface area contributed by atoms with Crippen molar-refractivity contribution in [2.24, 2.45) is 11.3 Å².